The van der Waals surface area contributed by atoms with Crippen molar-refractivity contribution >= 4 is 42.1 Å². The molecular formula is C18H25ClSi2. The molecule has 0 fully saturated rings. The van der Waals surface area contributed by atoms with E-state index in [4.69, 9.17) is 11.1 Å². The quantitative estimate of drug-likeness (QED) is 0.592. The molecule has 112 valence electrons. The van der Waals surface area contributed by atoms with Gasteiger partial charge in [-0.2, -0.15) is 11.1 Å². The van der Waals surface area contributed by atoms with Crippen molar-refractivity contribution in [3.05, 3.63) is 53.6 Å². The minimum Gasteiger partial charge on any atom is -0.155 e. The Kier molecular flexibility index (Phi) is 4.53. The van der Waals surface area contributed by atoms with Gasteiger partial charge in [0.05, 0.1) is 8.07 Å². The molecule has 2 rings (SSSR count). The van der Waals surface area contributed by atoms with E-state index in [1.54, 1.807) is 0 Å². The van der Waals surface area contributed by atoms with Gasteiger partial charge in [0.15, 0.2) is 0 Å². The Labute approximate surface area is 135 Å². The number of hydrogen-bond donors (Lipinski definition) is 0. The van der Waals surface area contributed by atoms with E-state index in [-0.39, 0.29) is 0 Å². The van der Waals surface area contributed by atoms with Crippen LogP contribution in [0.2, 0.25) is 26.2 Å². The molecule has 0 saturated heterocycles. The van der Waals surface area contributed by atoms with E-state index in [1.165, 1.54) is 26.7 Å². The summed E-state index contributed by atoms with van der Waals surface area (Å²) >= 11 is 7.14. The third-order valence-corrected chi connectivity index (χ3v) is 10.4. The van der Waals surface area contributed by atoms with Crippen molar-refractivity contribution in [1.29, 1.82) is 0 Å². The number of hydrogen-bond acceptors (Lipinski definition) is 0. The highest BCUT2D eigenvalue weighted by Gasteiger charge is 2.32. The van der Waals surface area contributed by atoms with Crippen LogP contribution in [-0.4, -0.2) is 15.5 Å². The van der Waals surface area contributed by atoms with Crippen molar-refractivity contribution in [1.82, 2.24) is 0 Å². The highest BCUT2D eigenvalue weighted by molar-refractivity contribution is 7.33. The molecule has 3 heteroatoms. The molecule has 0 aliphatic heterocycles. The topological polar surface area (TPSA) is 0 Å². The van der Waals surface area contributed by atoms with Gasteiger partial charge in [-0.05, 0) is 30.8 Å². The molecule has 21 heavy (non-hydrogen) atoms. The van der Waals surface area contributed by atoms with Gasteiger partial charge in [-0.25, -0.2) is 0 Å². The Morgan fingerprint density at radius 1 is 0.810 bits per heavy atom. The number of aryl methyl sites for hydroxylation is 2. The lowest BCUT2D eigenvalue weighted by molar-refractivity contribution is 1.49. The van der Waals surface area contributed by atoms with Gasteiger partial charge >= 0.3 is 0 Å². The van der Waals surface area contributed by atoms with Gasteiger partial charge in [0, 0.05) is 0 Å². The molecule has 0 bridgehead atoms. The molecule has 2 aromatic carbocycles. The zero-order chi connectivity index (χ0) is 15.8. The second kappa shape index (κ2) is 5.75. The zero-order valence-corrected chi connectivity index (χ0v) is 16.7. The lowest BCUT2D eigenvalue weighted by atomic mass is 10.2. The van der Waals surface area contributed by atoms with Gasteiger partial charge in [-0.1, -0.05) is 78.4 Å². The summed E-state index contributed by atoms with van der Waals surface area (Å²) in [5.41, 5.74) is 2.63. The summed E-state index contributed by atoms with van der Waals surface area (Å²) in [7, 11) is -3.47. The maximum absolute atomic E-state index is 7.14. The fourth-order valence-corrected chi connectivity index (χ4v) is 7.57. The SMILES string of the molecule is Cc1cc([Si](C)(C)C)cc([Si](C)(Cl)c2ccccc2C)c1. The number of halogens is 1. The Balaban J connectivity index is 2.60. The molecule has 0 aliphatic rings. The van der Waals surface area contributed by atoms with Crippen molar-refractivity contribution in [3.63, 3.8) is 0 Å². The Morgan fingerprint density at radius 3 is 1.95 bits per heavy atom. The first-order valence-corrected chi connectivity index (χ1v) is 14.5. The molecule has 0 amide bonds. The molecule has 0 radical (unpaired) electrons. The second-order valence-electron chi connectivity index (χ2n) is 7.16. The van der Waals surface area contributed by atoms with E-state index in [0.29, 0.717) is 0 Å². The lowest BCUT2D eigenvalue weighted by Gasteiger charge is -2.26. The molecule has 0 nitrogen and oxygen atoms in total. The van der Waals surface area contributed by atoms with E-state index in [2.05, 4.69) is 82.5 Å². The van der Waals surface area contributed by atoms with Crippen LogP contribution in [0.25, 0.3) is 0 Å². The zero-order valence-electron chi connectivity index (χ0n) is 13.9. The maximum Gasteiger partial charge on any atom is 0.214 e. The minimum absolute atomic E-state index is 1.30. The molecule has 0 saturated carbocycles. The van der Waals surface area contributed by atoms with Crippen LogP contribution in [0.1, 0.15) is 11.1 Å². The fraction of sp³-hybridized carbons (Fsp3) is 0.333. The molecule has 0 N–H and O–H groups in total. The van der Waals surface area contributed by atoms with Crippen LogP contribution in [-0.2, 0) is 0 Å². The van der Waals surface area contributed by atoms with Gasteiger partial charge in [0.2, 0.25) is 7.38 Å². The van der Waals surface area contributed by atoms with Crippen LogP contribution in [0.15, 0.2) is 42.5 Å². The lowest BCUT2D eigenvalue weighted by Crippen LogP contribution is -2.54. The molecule has 0 spiro atoms. The van der Waals surface area contributed by atoms with E-state index < -0.39 is 15.5 Å². The number of benzene rings is 2. The Bertz CT molecular complexity index is 655. The number of rotatable bonds is 3. The normalized spacial score (nSPS) is 14.8. The summed E-state index contributed by atoms with van der Waals surface area (Å²) in [5, 5.41) is 4.18. The maximum atomic E-state index is 7.14. The molecule has 0 aromatic heterocycles. The molecule has 0 heterocycles. The Hall–Kier alpha value is -0.836. The summed E-state index contributed by atoms with van der Waals surface area (Å²) in [4.78, 5) is 0. The van der Waals surface area contributed by atoms with Crippen molar-refractivity contribution in [2.45, 2.75) is 40.0 Å². The average molecular weight is 333 g/mol. The third-order valence-electron chi connectivity index (χ3n) is 4.14. The summed E-state index contributed by atoms with van der Waals surface area (Å²) in [6, 6.07) is 15.6. The van der Waals surface area contributed by atoms with Gasteiger partial charge < -0.3 is 0 Å². The Morgan fingerprint density at radius 2 is 1.38 bits per heavy atom. The molecule has 1 atom stereocenters. The van der Waals surface area contributed by atoms with Crippen LogP contribution in [0.5, 0.6) is 0 Å². The van der Waals surface area contributed by atoms with E-state index in [9.17, 15) is 0 Å². The molecule has 1 unspecified atom stereocenters. The third kappa shape index (κ3) is 3.50. The van der Waals surface area contributed by atoms with Crippen LogP contribution in [0.3, 0.4) is 0 Å². The largest absolute Gasteiger partial charge is 0.214 e. The van der Waals surface area contributed by atoms with Crippen LogP contribution < -0.4 is 15.6 Å². The highest BCUT2D eigenvalue weighted by Crippen LogP contribution is 2.14. The van der Waals surface area contributed by atoms with Crippen molar-refractivity contribution in [2.75, 3.05) is 0 Å². The summed E-state index contributed by atoms with van der Waals surface area (Å²) in [6.45, 7) is 13.8. The standard InChI is InChI=1S/C18H25ClSi2/c1-14-11-16(20(3,4)5)13-17(12-14)21(6,19)18-10-8-7-9-15(18)2/h7-13H,1-6H3. The van der Waals surface area contributed by atoms with E-state index in [0.717, 1.165) is 0 Å². The van der Waals surface area contributed by atoms with Gasteiger partial charge in [-0.3, -0.25) is 0 Å². The van der Waals surface area contributed by atoms with Crippen LogP contribution in [0.4, 0.5) is 0 Å². The summed E-state index contributed by atoms with van der Waals surface area (Å²) in [5.74, 6) is 0. The van der Waals surface area contributed by atoms with Crippen molar-refractivity contribution in [3.8, 4) is 0 Å². The van der Waals surface area contributed by atoms with Crippen LogP contribution >= 0.6 is 11.1 Å². The van der Waals surface area contributed by atoms with Crippen molar-refractivity contribution < 1.29 is 0 Å². The first kappa shape index (κ1) is 16.5. The average Bonchev–Trinajstić information content (AvgIpc) is 2.37. The molecule has 0 aliphatic carbocycles. The summed E-state index contributed by atoms with van der Waals surface area (Å²) < 4.78 is 0. The van der Waals surface area contributed by atoms with Gasteiger partial charge in [0.1, 0.15) is 0 Å². The summed E-state index contributed by atoms with van der Waals surface area (Å²) in [6.07, 6.45) is 0. The smallest absolute Gasteiger partial charge is 0.155 e. The van der Waals surface area contributed by atoms with Crippen LogP contribution in [0, 0.1) is 13.8 Å². The monoisotopic (exact) mass is 332 g/mol. The predicted molar refractivity (Wildman–Crippen MR) is 102 cm³/mol. The first-order valence-electron chi connectivity index (χ1n) is 7.50. The van der Waals surface area contributed by atoms with Gasteiger partial charge in [0.25, 0.3) is 0 Å². The first-order chi connectivity index (χ1) is 9.62. The second-order valence-corrected chi connectivity index (χ2v) is 17.6. The molecule has 2 aromatic rings. The minimum atomic E-state index is -2.15. The highest BCUT2D eigenvalue weighted by atomic mass is 35.6. The van der Waals surface area contributed by atoms with E-state index in [1.807, 2.05) is 0 Å². The van der Waals surface area contributed by atoms with E-state index >= 15 is 0 Å². The van der Waals surface area contributed by atoms with Crippen molar-refractivity contribution in [2.24, 2.45) is 0 Å². The molecular weight excluding hydrogens is 308 g/mol. The van der Waals surface area contributed by atoms with Gasteiger partial charge in [-0.15, -0.1) is 0 Å². The predicted octanol–water partition coefficient (Wildman–Crippen LogP) is 3.78. The fourth-order valence-electron chi connectivity index (χ4n) is 2.74.